The van der Waals surface area contributed by atoms with Crippen LogP contribution >= 0.6 is 0 Å². The van der Waals surface area contributed by atoms with Gasteiger partial charge in [-0.15, -0.1) is 0 Å². The molecule has 0 aromatic heterocycles. The Kier molecular flexibility index (Phi) is 5.54. The maximum absolute atomic E-state index is 3.62. The second-order valence-electron chi connectivity index (χ2n) is 4.88. The first-order valence-corrected chi connectivity index (χ1v) is 6.44. The van der Waals surface area contributed by atoms with Gasteiger partial charge in [0, 0.05) is 6.04 Å². The molecule has 1 aromatic carbocycles. The van der Waals surface area contributed by atoms with Crippen molar-refractivity contribution in [2.24, 2.45) is 5.92 Å². The van der Waals surface area contributed by atoms with Crippen LogP contribution in [0.1, 0.15) is 50.8 Å². The molecule has 0 aliphatic rings. The van der Waals surface area contributed by atoms with Crippen LogP contribution in [0.4, 0.5) is 0 Å². The van der Waals surface area contributed by atoms with E-state index in [0.29, 0.717) is 6.04 Å². The number of benzene rings is 1. The third-order valence-corrected chi connectivity index (χ3v) is 3.21. The SMILES string of the molecule is CCCC(C)CN[C@@H](C)c1ccccc1C. The lowest BCUT2D eigenvalue weighted by atomic mass is 10.0. The molecule has 0 amide bonds. The molecule has 0 radical (unpaired) electrons. The van der Waals surface area contributed by atoms with Crippen LogP contribution in [0.25, 0.3) is 0 Å². The lowest BCUT2D eigenvalue weighted by Crippen LogP contribution is -2.24. The first-order valence-electron chi connectivity index (χ1n) is 6.44. The molecule has 2 atom stereocenters. The maximum Gasteiger partial charge on any atom is 0.0294 e. The van der Waals surface area contributed by atoms with Crippen LogP contribution in [0.5, 0.6) is 0 Å². The van der Waals surface area contributed by atoms with Gasteiger partial charge in [-0.25, -0.2) is 0 Å². The zero-order valence-corrected chi connectivity index (χ0v) is 11.1. The summed E-state index contributed by atoms with van der Waals surface area (Å²) in [5.41, 5.74) is 2.80. The number of hydrogen-bond donors (Lipinski definition) is 1. The van der Waals surface area contributed by atoms with Crippen LogP contribution in [-0.4, -0.2) is 6.54 Å². The van der Waals surface area contributed by atoms with Crippen molar-refractivity contribution in [3.63, 3.8) is 0 Å². The molecule has 0 bridgehead atoms. The molecular formula is C15H25N. The molecule has 0 aliphatic heterocycles. The molecule has 90 valence electrons. The van der Waals surface area contributed by atoms with Crippen LogP contribution in [0, 0.1) is 12.8 Å². The maximum atomic E-state index is 3.62. The van der Waals surface area contributed by atoms with Gasteiger partial charge in [-0.3, -0.25) is 0 Å². The monoisotopic (exact) mass is 219 g/mol. The Labute approximate surface area is 100 Å². The van der Waals surface area contributed by atoms with Gasteiger partial charge >= 0.3 is 0 Å². The minimum Gasteiger partial charge on any atom is -0.310 e. The van der Waals surface area contributed by atoms with E-state index in [1.165, 1.54) is 24.0 Å². The molecule has 0 fully saturated rings. The molecule has 1 rings (SSSR count). The van der Waals surface area contributed by atoms with Gasteiger partial charge in [0.05, 0.1) is 0 Å². The summed E-state index contributed by atoms with van der Waals surface area (Å²) in [4.78, 5) is 0. The lowest BCUT2D eigenvalue weighted by Gasteiger charge is -2.19. The Balaban J connectivity index is 2.46. The third kappa shape index (κ3) is 3.97. The molecule has 1 unspecified atom stereocenters. The van der Waals surface area contributed by atoms with Gasteiger partial charge in [0.15, 0.2) is 0 Å². The molecule has 1 aromatic rings. The fourth-order valence-corrected chi connectivity index (χ4v) is 2.16. The normalized spacial score (nSPS) is 14.8. The van der Waals surface area contributed by atoms with Crippen molar-refractivity contribution >= 4 is 0 Å². The minimum atomic E-state index is 0.459. The van der Waals surface area contributed by atoms with Crippen LogP contribution in [-0.2, 0) is 0 Å². The summed E-state index contributed by atoms with van der Waals surface area (Å²) in [6.45, 7) is 10.1. The van der Waals surface area contributed by atoms with Gasteiger partial charge < -0.3 is 5.32 Å². The smallest absolute Gasteiger partial charge is 0.0294 e. The Hall–Kier alpha value is -0.820. The average Bonchev–Trinajstić information content (AvgIpc) is 2.27. The quantitative estimate of drug-likeness (QED) is 0.760. The van der Waals surface area contributed by atoms with Crippen molar-refractivity contribution in [1.82, 2.24) is 5.32 Å². The first kappa shape index (κ1) is 13.2. The highest BCUT2D eigenvalue weighted by molar-refractivity contribution is 5.28. The highest BCUT2D eigenvalue weighted by Crippen LogP contribution is 2.17. The van der Waals surface area contributed by atoms with E-state index in [1.54, 1.807) is 0 Å². The number of nitrogens with one attached hydrogen (secondary N) is 1. The molecule has 1 heteroatoms. The molecule has 1 N–H and O–H groups in total. The van der Waals surface area contributed by atoms with Crippen LogP contribution in [0.2, 0.25) is 0 Å². The van der Waals surface area contributed by atoms with Gasteiger partial charge in [0.1, 0.15) is 0 Å². The highest BCUT2D eigenvalue weighted by atomic mass is 14.9. The van der Waals surface area contributed by atoms with Gasteiger partial charge in [0.2, 0.25) is 0 Å². The molecule has 1 nitrogen and oxygen atoms in total. The van der Waals surface area contributed by atoms with E-state index in [9.17, 15) is 0 Å². The van der Waals surface area contributed by atoms with Crippen molar-refractivity contribution in [3.8, 4) is 0 Å². The summed E-state index contributed by atoms with van der Waals surface area (Å²) in [6, 6.07) is 9.09. The summed E-state index contributed by atoms with van der Waals surface area (Å²) < 4.78 is 0. The second kappa shape index (κ2) is 6.70. The predicted octanol–water partition coefficient (Wildman–Crippen LogP) is 4.08. The van der Waals surface area contributed by atoms with Crippen LogP contribution in [0.3, 0.4) is 0 Å². The summed E-state index contributed by atoms with van der Waals surface area (Å²) >= 11 is 0. The van der Waals surface area contributed by atoms with Crippen molar-refractivity contribution in [2.75, 3.05) is 6.54 Å². The van der Waals surface area contributed by atoms with E-state index in [0.717, 1.165) is 12.5 Å². The molecule has 0 aliphatic carbocycles. The summed E-state index contributed by atoms with van der Waals surface area (Å²) in [5, 5.41) is 3.62. The van der Waals surface area contributed by atoms with E-state index < -0.39 is 0 Å². The van der Waals surface area contributed by atoms with Crippen molar-refractivity contribution in [1.29, 1.82) is 0 Å². The Morgan fingerprint density at radius 2 is 1.88 bits per heavy atom. The van der Waals surface area contributed by atoms with E-state index in [1.807, 2.05) is 0 Å². The number of aryl methyl sites for hydroxylation is 1. The zero-order chi connectivity index (χ0) is 12.0. The van der Waals surface area contributed by atoms with E-state index in [-0.39, 0.29) is 0 Å². The van der Waals surface area contributed by atoms with Gasteiger partial charge in [-0.1, -0.05) is 44.5 Å². The Morgan fingerprint density at radius 3 is 2.50 bits per heavy atom. The summed E-state index contributed by atoms with van der Waals surface area (Å²) in [5.74, 6) is 0.775. The lowest BCUT2D eigenvalue weighted by molar-refractivity contribution is 0.443. The third-order valence-electron chi connectivity index (χ3n) is 3.21. The molecule has 0 heterocycles. The largest absolute Gasteiger partial charge is 0.310 e. The van der Waals surface area contributed by atoms with E-state index in [2.05, 4.69) is 57.3 Å². The van der Waals surface area contributed by atoms with Crippen molar-refractivity contribution in [3.05, 3.63) is 35.4 Å². The van der Waals surface area contributed by atoms with Gasteiger partial charge in [0.25, 0.3) is 0 Å². The molecular weight excluding hydrogens is 194 g/mol. The van der Waals surface area contributed by atoms with Gasteiger partial charge in [-0.2, -0.15) is 0 Å². The van der Waals surface area contributed by atoms with Gasteiger partial charge in [-0.05, 0) is 43.9 Å². The van der Waals surface area contributed by atoms with E-state index in [4.69, 9.17) is 0 Å². The molecule has 0 saturated carbocycles. The van der Waals surface area contributed by atoms with Crippen LogP contribution < -0.4 is 5.32 Å². The predicted molar refractivity (Wildman–Crippen MR) is 71.7 cm³/mol. The summed E-state index contributed by atoms with van der Waals surface area (Å²) in [7, 11) is 0. The molecule has 0 spiro atoms. The number of hydrogen-bond acceptors (Lipinski definition) is 1. The Morgan fingerprint density at radius 1 is 1.19 bits per heavy atom. The molecule has 0 saturated heterocycles. The fourth-order valence-electron chi connectivity index (χ4n) is 2.16. The fraction of sp³-hybridized carbons (Fsp3) is 0.600. The first-order chi connectivity index (χ1) is 7.65. The standard InChI is InChI=1S/C15H25N/c1-5-8-12(2)11-16-14(4)15-10-7-6-9-13(15)3/h6-7,9-10,12,14,16H,5,8,11H2,1-4H3/t12?,14-/m0/s1. The average molecular weight is 219 g/mol. The summed E-state index contributed by atoms with van der Waals surface area (Å²) in [6.07, 6.45) is 2.59. The molecule has 16 heavy (non-hydrogen) atoms. The van der Waals surface area contributed by atoms with Crippen molar-refractivity contribution < 1.29 is 0 Å². The second-order valence-corrected chi connectivity index (χ2v) is 4.88. The van der Waals surface area contributed by atoms with E-state index >= 15 is 0 Å². The highest BCUT2D eigenvalue weighted by Gasteiger charge is 2.08. The topological polar surface area (TPSA) is 12.0 Å². The number of rotatable bonds is 6. The Bertz CT molecular complexity index is 306. The zero-order valence-electron chi connectivity index (χ0n) is 11.1. The van der Waals surface area contributed by atoms with Crippen LogP contribution in [0.15, 0.2) is 24.3 Å². The minimum absolute atomic E-state index is 0.459. The van der Waals surface area contributed by atoms with Crippen molar-refractivity contribution in [2.45, 2.75) is 46.6 Å².